The van der Waals surface area contributed by atoms with E-state index < -0.39 is 5.97 Å². The number of benzene rings is 1. The van der Waals surface area contributed by atoms with Crippen molar-refractivity contribution in [1.29, 1.82) is 0 Å². The van der Waals surface area contributed by atoms with E-state index in [1.54, 1.807) is 24.3 Å². The molecule has 1 aliphatic rings. The van der Waals surface area contributed by atoms with Crippen LogP contribution in [-0.2, 0) is 9.59 Å². The van der Waals surface area contributed by atoms with Gasteiger partial charge in [0, 0.05) is 6.08 Å². The maximum Gasteiger partial charge on any atom is 0.328 e. The Labute approximate surface area is 161 Å². The summed E-state index contributed by atoms with van der Waals surface area (Å²) < 4.78 is 5.51. The van der Waals surface area contributed by atoms with Crippen molar-refractivity contribution in [2.45, 2.75) is 57.8 Å². The smallest absolute Gasteiger partial charge is 0.328 e. The molecule has 4 nitrogen and oxygen atoms in total. The van der Waals surface area contributed by atoms with Crippen LogP contribution in [0, 0.1) is 11.8 Å². The second-order valence-electron chi connectivity index (χ2n) is 7.31. The lowest BCUT2D eigenvalue weighted by molar-refractivity contribution is -0.140. The van der Waals surface area contributed by atoms with Crippen LogP contribution in [0.5, 0.6) is 5.75 Å². The van der Waals surface area contributed by atoms with Gasteiger partial charge in [0.1, 0.15) is 5.75 Å². The zero-order valence-corrected chi connectivity index (χ0v) is 15.9. The molecule has 1 N–H and O–H groups in total. The number of rotatable bonds is 10. The van der Waals surface area contributed by atoms with Gasteiger partial charge in [-0.25, -0.2) is 4.79 Å². The maximum atomic E-state index is 12.4. The number of carboxylic acids is 1. The highest BCUT2D eigenvalue weighted by molar-refractivity contribution is 5.85. The molecule has 0 radical (unpaired) electrons. The van der Waals surface area contributed by atoms with Gasteiger partial charge in [0.05, 0.1) is 5.92 Å². The third-order valence-electron chi connectivity index (χ3n) is 5.22. The lowest BCUT2D eigenvalue weighted by Crippen LogP contribution is -2.25. The largest absolute Gasteiger partial charge is 0.478 e. The number of carbonyl (C=O) groups excluding carboxylic acids is 1. The minimum absolute atomic E-state index is 0.00593. The van der Waals surface area contributed by atoms with Gasteiger partial charge < -0.3 is 9.84 Å². The molecular weight excluding hydrogens is 340 g/mol. The molecule has 1 aromatic carbocycles. The molecule has 1 saturated carbocycles. The number of carboxylic acid groups (broad SMARTS) is 1. The highest BCUT2D eigenvalue weighted by Crippen LogP contribution is 2.33. The van der Waals surface area contributed by atoms with Crippen LogP contribution >= 0.6 is 0 Å². The summed E-state index contributed by atoms with van der Waals surface area (Å²) in [5, 5.41) is 8.63. The number of hydrogen-bond acceptors (Lipinski definition) is 3. The summed E-state index contributed by atoms with van der Waals surface area (Å²) in [6, 6.07) is 6.89. The molecule has 0 unspecified atom stereocenters. The summed E-state index contributed by atoms with van der Waals surface area (Å²) >= 11 is 0. The minimum atomic E-state index is -0.988. The van der Waals surface area contributed by atoms with Crippen LogP contribution in [0.3, 0.4) is 0 Å². The van der Waals surface area contributed by atoms with Gasteiger partial charge >= 0.3 is 11.9 Å². The van der Waals surface area contributed by atoms with Gasteiger partial charge in [-0.05, 0) is 68.2 Å². The molecule has 27 heavy (non-hydrogen) atoms. The lowest BCUT2D eigenvalue weighted by atomic mass is 9.80. The van der Waals surface area contributed by atoms with E-state index in [9.17, 15) is 9.59 Å². The quantitative estimate of drug-likeness (QED) is 0.190. The maximum absolute atomic E-state index is 12.4. The molecule has 1 aromatic rings. The molecule has 0 aliphatic heterocycles. The molecule has 0 bridgehead atoms. The van der Waals surface area contributed by atoms with Gasteiger partial charge in [0.25, 0.3) is 0 Å². The third kappa shape index (κ3) is 7.81. The topological polar surface area (TPSA) is 63.6 Å². The van der Waals surface area contributed by atoms with E-state index in [2.05, 4.69) is 6.58 Å². The van der Waals surface area contributed by atoms with E-state index in [-0.39, 0.29) is 11.9 Å². The summed E-state index contributed by atoms with van der Waals surface area (Å²) in [4.78, 5) is 22.9. The molecule has 0 aromatic heterocycles. The predicted molar refractivity (Wildman–Crippen MR) is 107 cm³/mol. The van der Waals surface area contributed by atoms with Crippen LogP contribution in [0.4, 0.5) is 0 Å². The van der Waals surface area contributed by atoms with Crippen molar-refractivity contribution in [3.63, 3.8) is 0 Å². The van der Waals surface area contributed by atoms with Crippen molar-refractivity contribution in [3.8, 4) is 5.75 Å². The fraction of sp³-hybridized carbons (Fsp3) is 0.478. The van der Waals surface area contributed by atoms with Gasteiger partial charge in [-0.1, -0.05) is 37.5 Å². The van der Waals surface area contributed by atoms with Crippen molar-refractivity contribution in [3.05, 3.63) is 48.6 Å². The first kappa shape index (κ1) is 20.9. The first-order valence-electron chi connectivity index (χ1n) is 9.92. The predicted octanol–water partition coefficient (Wildman–Crippen LogP) is 5.63. The molecule has 2 rings (SSSR count). The summed E-state index contributed by atoms with van der Waals surface area (Å²) in [5.74, 6) is 0.120. The molecule has 0 saturated heterocycles. The van der Waals surface area contributed by atoms with E-state index in [1.165, 1.54) is 31.8 Å². The van der Waals surface area contributed by atoms with Crippen molar-refractivity contribution >= 4 is 18.0 Å². The Morgan fingerprint density at radius 1 is 1.07 bits per heavy atom. The molecule has 146 valence electrons. The first-order valence-corrected chi connectivity index (χ1v) is 9.92. The molecular formula is C23H30O4. The molecule has 0 heterocycles. The van der Waals surface area contributed by atoms with Crippen LogP contribution < -0.4 is 4.74 Å². The second-order valence-corrected chi connectivity index (χ2v) is 7.31. The lowest BCUT2D eigenvalue weighted by Gasteiger charge is -2.27. The van der Waals surface area contributed by atoms with Gasteiger partial charge in [0.2, 0.25) is 0 Å². The summed E-state index contributed by atoms with van der Waals surface area (Å²) in [5.41, 5.74) is 0.755. The van der Waals surface area contributed by atoms with Crippen molar-refractivity contribution < 1.29 is 19.4 Å². The number of allylic oxidation sites excluding steroid dienone is 1. The number of aliphatic carboxylic acids is 1. The highest BCUT2D eigenvalue weighted by atomic mass is 16.5. The van der Waals surface area contributed by atoms with Crippen LogP contribution in [0.25, 0.3) is 6.08 Å². The van der Waals surface area contributed by atoms with Crippen LogP contribution in [0.2, 0.25) is 0 Å². The van der Waals surface area contributed by atoms with Gasteiger partial charge in [-0.3, -0.25) is 4.79 Å². The van der Waals surface area contributed by atoms with E-state index in [1.807, 2.05) is 6.08 Å². The Balaban J connectivity index is 1.71. The SMILES string of the molecule is C=CCCCCCC1CCC(C(=O)Oc2ccc(/C=C/C(=O)O)cc2)CC1. The van der Waals surface area contributed by atoms with E-state index in [0.717, 1.165) is 49.7 Å². The minimum Gasteiger partial charge on any atom is -0.478 e. The average Bonchev–Trinajstić information content (AvgIpc) is 2.67. The van der Waals surface area contributed by atoms with Crippen LogP contribution in [-0.4, -0.2) is 17.0 Å². The Morgan fingerprint density at radius 3 is 2.41 bits per heavy atom. The van der Waals surface area contributed by atoms with E-state index >= 15 is 0 Å². The number of unbranched alkanes of at least 4 members (excludes halogenated alkanes) is 3. The summed E-state index contributed by atoms with van der Waals surface area (Å²) in [6.45, 7) is 3.75. The first-order chi connectivity index (χ1) is 13.1. The normalized spacial score (nSPS) is 19.7. The Kier molecular flexibility index (Phi) is 8.82. The van der Waals surface area contributed by atoms with Crippen LogP contribution in [0.1, 0.15) is 63.4 Å². The number of ether oxygens (including phenoxy) is 1. The van der Waals surface area contributed by atoms with Crippen molar-refractivity contribution in [2.24, 2.45) is 11.8 Å². The molecule has 0 spiro atoms. The number of carbonyl (C=O) groups is 2. The van der Waals surface area contributed by atoms with E-state index in [0.29, 0.717) is 5.75 Å². The fourth-order valence-electron chi connectivity index (χ4n) is 3.60. The third-order valence-corrected chi connectivity index (χ3v) is 5.22. The molecule has 0 atom stereocenters. The summed E-state index contributed by atoms with van der Waals surface area (Å²) in [6.07, 6.45) is 14.8. The van der Waals surface area contributed by atoms with Gasteiger partial charge in [-0.15, -0.1) is 6.58 Å². The monoisotopic (exact) mass is 370 g/mol. The Bertz CT molecular complexity index is 637. The average molecular weight is 370 g/mol. The zero-order chi connectivity index (χ0) is 19.5. The van der Waals surface area contributed by atoms with E-state index in [4.69, 9.17) is 9.84 Å². The molecule has 0 amide bonds. The van der Waals surface area contributed by atoms with Gasteiger partial charge in [-0.2, -0.15) is 0 Å². The molecule has 4 heteroatoms. The number of esters is 1. The Morgan fingerprint density at radius 2 is 1.78 bits per heavy atom. The van der Waals surface area contributed by atoms with Crippen molar-refractivity contribution in [1.82, 2.24) is 0 Å². The molecule has 1 fully saturated rings. The Hall–Kier alpha value is -2.36. The highest BCUT2D eigenvalue weighted by Gasteiger charge is 2.27. The summed E-state index contributed by atoms with van der Waals surface area (Å²) in [7, 11) is 0. The fourth-order valence-corrected chi connectivity index (χ4v) is 3.60. The number of hydrogen-bond donors (Lipinski definition) is 1. The molecule has 1 aliphatic carbocycles. The van der Waals surface area contributed by atoms with Crippen molar-refractivity contribution in [2.75, 3.05) is 0 Å². The van der Waals surface area contributed by atoms with Gasteiger partial charge in [0.15, 0.2) is 0 Å². The zero-order valence-electron chi connectivity index (χ0n) is 15.9. The second kappa shape index (κ2) is 11.4. The van der Waals surface area contributed by atoms with Crippen LogP contribution in [0.15, 0.2) is 43.0 Å². The standard InChI is InChI=1S/C23H30O4/c1-2-3-4-5-6-7-18-8-13-20(14-9-18)23(26)27-21-15-10-19(11-16-21)12-17-22(24)25/h2,10-12,15-18,20H,1,3-9,13-14H2,(H,24,25)/b17-12+.